The van der Waals surface area contributed by atoms with Crippen LogP contribution in [-0.4, -0.2) is 36.3 Å². The summed E-state index contributed by atoms with van der Waals surface area (Å²) in [4.78, 5) is 8.50. The van der Waals surface area contributed by atoms with Gasteiger partial charge in [0.1, 0.15) is 6.10 Å². The monoisotopic (exact) mass is 459 g/mol. The van der Waals surface area contributed by atoms with E-state index in [1.807, 2.05) is 32.0 Å². The molecule has 1 aromatic carbocycles. The second kappa shape index (κ2) is 11.8. The molecule has 1 heterocycles. The molecule has 138 valence electrons. The average molecular weight is 459 g/mol. The maximum atomic E-state index is 5.44. The van der Waals surface area contributed by atoms with Crippen molar-refractivity contribution >= 4 is 29.9 Å². The van der Waals surface area contributed by atoms with Gasteiger partial charge < -0.3 is 19.9 Å². The molecule has 8 heteroatoms. The number of halogens is 1. The molecule has 2 N–H and O–H groups in total. The number of hydrogen-bond donors (Lipinski definition) is 2. The Morgan fingerprint density at radius 1 is 1.28 bits per heavy atom. The van der Waals surface area contributed by atoms with E-state index in [9.17, 15) is 0 Å². The lowest BCUT2D eigenvalue weighted by Crippen LogP contribution is -2.37. The molecule has 1 unspecified atom stereocenters. The third kappa shape index (κ3) is 7.39. The lowest BCUT2D eigenvalue weighted by molar-refractivity contribution is 0.0683. The Balaban J connectivity index is 0.00000312. The molecule has 0 aliphatic carbocycles. The first kappa shape index (κ1) is 21.4. The molecule has 0 aliphatic heterocycles. The van der Waals surface area contributed by atoms with Crippen LogP contribution >= 0.6 is 24.0 Å². The molecule has 0 bridgehead atoms. The zero-order valence-electron chi connectivity index (χ0n) is 14.9. The highest BCUT2D eigenvalue weighted by molar-refractivity contribution is 14.0. The maximum absolute atomic E-state index is 5.44. The van der Waals surface area contributed by atoms with Crippen LogP contribution < -0.4 is 10.6 Å². The van der Waals surface area contributed by atoms with Crippen molar-refractivity contribution in [1.29, 1.82) is 0 Å². The van der Waals surface area contributed by atoms with Crippen LogP contribution in [0.5, 0.6) is 0 Å². The molecular formula is C17H26IN5O2. The number of rotatable bonds is 8. The predicted octanol–water partition coefficient (Wildman–Crippen LogP) is 2.69. The van der Waals surface area contributed by atoms with Gasteiger partial charge in [-0.1, -0.05) is 35.5 Å². The summed E-state index contributed by atoms with van der Waals surface area (Å²) in [5.41, 5.74) is 1.28. The highest BCUT2D eigenvalue weighted by Crippen LogP contribution is 2.12. The highest BCUT2D eigenvalue weighted by Gasteiger charge is 2.13. The average Bonchev–Trinajstić information content (AvgIpc) is 3.08. The van der Waals surface area contributed by atoms with E-state index in [1.165, 1.54) is 5.56 Å². The van der Waals surface area contributed by atoms with Crippen LogP contribution in [0.4, 0.5) is 0 Å². The summed E-state index contributed by atoms with van der Waals surface area (Å²) in [5.74, 6) is 1.76. The molecule has 0 amide bonds. The van der Waals surface area contributed by atoms with Crippen LogP contribution in [0.3, 0.4) is 0 Å². The molecule has 0 radical (unpaired) electrons. The van der Waals surface area contributed by atoms with Crippen LogP contribution in [0.25, 0.3) is 0 Å². The highest BCUT2D eigenvalue weighted by atomic mass is 127. The Hall–Kier alpha value is -1.68. The smallest absolute Gasteiger partial charge is 0.246 e. The quantitative estimate of drug-likeness (QED) is 0.359. The Bertz CT molecular complexity index is 633. The number of benzene rings is 1. The van der Waals surface area contributed by atoms with Crippen LogP contribution in [0.2, 0.25) is 0 Å². The number of ether oxygens (including phenoxy) is 1. The largest absolute Gasteiger partial charge is 0.371 e. The number of nitrogens with one attached hydrogen (secondary N) is 2. The fourth-order valence-corrected chi connectivity index (χ4v) is 2.18. The van der Waals surface area contributed by atoms with Gasteiger partial charge in [-0.05, 0) is 25.8 Å². The van der Waals surface area contributed by atoms with Crippen molar-refractivity contribution in [2.45, 2.75) is 32.9 Å². The molecule has 0 fully saturated rings. The minimum atomic E-state index is -0.171. The summed E-state index contributed by atoms with van der Waals surface area (Å²) < 4.78 is 10.7. The number of aromatic nitrogens is 2. The second-order valence-electron chi connectivity index (χ2n) is 5.23. The Kier molecular flexibility index (Phi) is 10.1. The van der Waals surface area contributed by atoms with Crippen LogP contribution in [0.15, 0.2) is 39.8 Å². The van der Waals surface area contributed by atoms with Gasteiger partial charge in [-0.25, -0.2) is 0 Å². The van der Waals surface area contributed by atoms with Gasteiger partial charge in [0.2, 0.25) is 5.89 Å². The van der Waals surface area contributed by atoms with E-state index in [-0.39, 0.29) is 30.1 Å². The van der Waals surface area contributed by atoms with Crippen molar-refractivity contribution in [2.75, 3.05) is 20.2 Å². The van der Waals surface area contributed by atoms with Crippen LogP contribution in [0.1, 0.15) is 37.2 Å². The SMILES string of the molecule is CCOC(C)c1noc(CNC(=NC)NCCc2ccccc2)n1.I. The minimum Gasteiger partial charge on any atom is -0.371 e. The first-order chi connectivity index (χ1) is 11.7. The predicted molar refractivity (Wildman–Crippen MR) is 108 cm³/mol. The fourth-order valence-electron chi connectivity index (χ4n) is 2.18. The normalized spacial score (nSPS) is 12.4. The number of hydrogen-bond acceptors (Lipinski definition) is 5. The molecule has 7 nitrogen and oxygen atoms in total. The van der Waals surface area contributed by atoms with Crippen LogP contribution in [0, 0.1) is 0 Å². The first-order valence-corrected chi connectivity index (χ1v) is 8.15. The summed E-state index contributed by atoms with van der Waals surface area (Å²) in [6.07, 6.45) is 0.758. The summed E-state index contributed by atoms with van der Waals surface area (Å²) in [7, 11) is 1.73. The lowest BCUT2D eigenvalue weighted by atomic mass is 10.1. The summed E-state index contributed by atoms with van der Waals surface area (Å²) in [5, 5.41) is 10.3. The molecule has 1 aromatic heterocycles. The zero-order valence-corrected chi connectivity index (χ0v) is 17.2. The van der Waals surface area contributed by atoms with Crippen molar-refractivity contribution in [1.82, 2.24) is 20.8 Å². The topological polar surface area (TPSA) is 84.6 Å². The van der Waals surface area contributed by atoms with Gasteiger partial charge in [-0.3, -0.25) is 4.99 Å². The number of aliphatic imine (C=N–C) groups is 1. The summed E-state index contributed by atoms with van der Waals surface area (Å²) in [6.45, 7) is 5.65. The summed E-state index contributed by atoms with van der Waals surface area (Å²) in [6, 6.07) is 10.3. The molecule has 25 heavy (non-hydrogen) atoms. The molecule has 1 atom stereocenters. The van der Waals surface area contributed by atoms with E-state index in [1.54, 1.807) is 7.05 Å². The lowest BCUT2D eigenvalue weighted by Gasteiger charge is -2.10. The van der Waals surface area contributed by atoms with E-state index in [4.69, 9.17) is 9.26 Å². The molecule has 0 spiro atoms. The number of nitrogens with zero attached hydrogens (tertiary/aromatic N) is 3. The van der Waals surface area contributed by atoms with Crippen LogP contribution in [-0.2, 0) is 17.7 Å². The third-order valence-electron chi connectivity index (χ3n) is 3.44. The molecule has 0 saturated heterocycles. The van der Waals surface area contributed by atoms with Gasteiger partial charge >= 0.3 is 0 Å². The van der Waals surface area contributed by atoms with Gasteiger partial charge in [0.25, 0.3) is 0 Å². The molecule has 2 aromatic rings. The van der Waals surface area contributed by atoms with E-state index in [0.717, 1.165) is 13.0 Å². The fraction of sp³-hybridized carbons (Fsp3) is 0.471. The number of guanidine groups is 1. The van der Waals surface area contributed by atoms with E-state index in [2.05, 4.69) is 37.9 Å². The molecule has 0 saturated carbocycles. The van der Waals surface area contributed by atoms with E-state index < -0.39 is 0 Å². The van der Waals surface area contributed by atoms with Crippen molar-refractivity contribution < 1.29 is 9.26 Å². The van der Waals surface area contributed by atoms with Crippen molar-refractivity contribution in [3.63, 3.8) is 0 Å². The van der Waals surface area contributed by atoms with Gasteiger partial charge in [-0.2, -0.15) is 4.98 Å². The van der Waals surface area contributed by atoms with Gasteiger partial charge in [0.15, 0.2) is 11.8 Å². The summed E-state index contributed by atoms with van der Waals surface area (Å²) >= 11 is 0. The molecule has 2 rings (SSSR count). The standard InChI is InChI=1S/C17H25N5O2.HI/c1-4-23-13(2)16-21-15(24-22-16)12-20-17(18-3)19-11-10-14-8-6-5-7-9-14;/h5-9,13H,4,10-12H2,1-3H3,(H2,18,19,20);1H. The Labute approximate surface area is 165 Å². The van der Waals surface area contributed by atoms with Crippen molar-refractivity contribution in [3.05, 3.63) is 47.6 Å². The van der Waals surface area contributed by atoms with E-state index in [0.29, 0.717) is 30.8 Å². The van der Waals surface area contributed by atoms with Gasteiger partial charge in [0.05, 0.1) is 6.54 Å². The van der Waals surface area contributed by atoms with Gasteiger partial charge in [0, 0.05) is 20.2 Å². The molecular weight excluding hydrogens is 433 g/mol. The Morgan fingerprint density at radius 2 is 2.04 bits per heavy atom. The van der Waals surface area contributed by atoms with E-state index >= 15 is 0 Å². The van der Waals surface area contributed by atoms with Crippen molar-refractivity contribution in [3.8, 4) is 0 Å². The Morgan fingerprint density at radius 3 is 2.72 bits per heavy atom. The zero-order chi connectivity index (χ0) is 17.2. The van der Waals surface area contributed by atoms with Gasteiger partial charge in [-0.15, -0.1) is 24.0 Å². The third-order valence-corrected chi connectivity index (χ3v) is 3.44. The molecule has 0 aliphatic rings. The first-order valence-electron chi connectivity index (χ1n) is 8.15. The van der Waals surface area contributed by atoms with Crippen molar-refractivity contribution in [2.24, 2.45) is 4.99 Å². The minimum absolute atomic E-state index is 0. The maximum Gasteiger partial charge on any atom is 0.246 e. The second-order valence-corrected chi connectivity index (χ2v) is 5.23.